The van der Waals surface area contributed by atoms with Crippen LogP contribution in [0.3, 0.4) is 0 Å². The number of hydrogen-bond donors (Lipinski definition) is 1. The van der Waals surface area contributed by atoms with Crippen LogP contribution in [0, 0.1) is 0 Å². The highest BCUT2D eigenvalue weighted by Crippen LogP contribution is 2.27. The molecule has 3 unspecified atom stereocenters. The number of quaternary nitrogens is 1. The average Bonchev–Trinajstić information content (AvgIpc) is 3.00. The maximum atomic E-state index is 11.5. The molecule has 1 heterocycles. The van der Waals surface area contributed by atoms with Gasteiger partial charge in [0, 0.05) is 20.3 Å². The molecule has 4 heteroatoms. The van der Waals surface area contributed by atoms with E-state index in [2.05, 4.69) is 44.5 Å². The van der Waals surface area contributed by atoms with Crippen molar-refractivity contribution >= 4 is 12.1 Å². The Labute approximate surface area is 155 Å². The van der Waals surface area contributed by atoms with Crippen LogP contribution in [0.5, 0.6) is 0 Å². The van der Waals surface area contributed by atoms with Gasteiger partial charge in [-0.1, -0.05) is 44.8 Å². The van der Waals surface area contributed by atoms with Gasteiger partial charge < -0.3 is 5.32 Å². The summed E-state index contributed by atoms with van der Waals surface area (Å²) in [5.74, 6) is 0.0536. The van der Waals surface area contributed by atoms with Crippen LogP contribution in [0.1, 0.15) is 85.5 Å². The molecule has 144 valence electrons. The molecule has 3 atom stereocenters. The van der Waals surface area contributed by atoms with E-state index >= 15 is 0 Å². The van der Waals surface area contributed by atoms with Gasteiger partial charge in [0.2, 0.25) is 5.91 Å². The molecule has 25 heavy (non-hydrogen) atoms. The maximum Gasteiger partial charge on any atom is 0.221 e. The fourth-order valence-corrected chi connectivity index (χ4v) is 3.94. The first kappa shape index (κ1) is 21.9. The van der Waals surface area contributed by atoms with E-state index in [1.807, 2.05) is 0 Å². The molecule has 4 nitrogen and oxygen atoms in total. The minimum Gasteiger partial charge on any atom is -0.307 e. The van der Waals surface area contributed by atoms with Gasteiger partial charge in [0.1, 0.15) is 6.54 Å². The van der Waals surface area contributed by atoms with Crippen LogP contribution >= 0.6 is 0 Å². The van der Waals surface area contributed by atoms with Gasteiger partial charge in [-0.3, -0.25) is 9.28 Å². The lowest BCUT2D eigenvalue weighted by Crippen LogP contribution is -2.63. The minimum absolute atomic E-state index is 0.0536. The Morgan fingerprint density at radius 2 is 1.88 bits per heavy atom. The molecule has 0 aromatic rings. The van der Waals surface area contributed by atoms with Gasteiger partial charge >= 0.3 is 0 Å². The standard InChI is InChI=1S/C21H39N3O/c1-5-7-8-9-10-11-12-13-14-15-16-21-22-17-18-24(21,6-2)19(3)23-20(4)25/h7-8,17,19,21H,5-6,9-16,18H2,1-4H3/p+1/b8-7+. The van der Waals surface area contributed by atoms with Crippen LogP contribution in [0.4, 0.5) is 0 Å². The van der Waals surface area contributed by atoms with Crippen LogP contribution in [0.25, 0.3) is 0 Å². The molecule has 1 amide bonds. The van der Waals surface area contributed by atoms with E-state index < -0.39 is 0 Å². The summed E-state index contributed by atoms with van der Waals surface area (Å²) in [6.07, 6.45) is 18.5. The highest BCUT2D eigenvalue weighted by Gasteiger charge is 2.42. The van der Waals surface area contributed by atoms with Crippen molar-refractivity contribution in [2.45, 2.75) is 97.8 Å². The number of allylic oxidation sites excluding steroid dienone is 2. The molecule has 0 radical (unpaired) electrons. The van der Waals surface area contributed by atoms with Crippen molar-refractivity contribution in [3.05, 3.63) is 12.2 Å². The van der Waals surface area contributed by atoms with E-state index in [1.165, 1.54) is 44.9 Å². The third-order valence-corrected chi connectivity index (χ3v) is 5.55. The lowest BCUT2D eigenvalue weighted by Gasteiger charge is -2.42. The van der Waals surface area contributed by atoms with Crippen LogP contribution in [-0.4, -0.2) is 42.0 Å². The molecular formula is C21H40N3O+. The summed E-state index contributed by atoms with van der Waals surface area (Å²) in [5, 5.41) is 3.09. The lowest BCUT2D eigenvalue weighted by molar-refractivity contribution is -0.959. The van der Waals surface area contributed by atoms with E-state index in [1.54, 1.807) is 6.92 Å². The van der Waals surface area contributed by atoms with Crippen molar-refractivity contribution in [3.63, 3.8) is 0 Å². The molecule has 1 aliphatic heterocycles. The zero-order valence-corrected chi connectivity index (χ0v) is 17.0. The fourth-order valence-electron chi connectivity index (χ4n) is 3.94. The quantitative estimate of drug-likeness (QED) is 0.289. The summed E-state index contributed by atoms with van der Waals surface area (Å²) in [4.78, 5) is 16.2. The molecule has 0 saturated heterocycles. The summed E-state index contributed by atoms with van der Waals surface area (Å²) in [5.41, 5.74) is 0. The van der Waals surface area contributed by atoms with Gasteiger partial charge in [0.25, 0.3) is 0 Å². The Bertz CT molecular complexity index is 433. The van der Waals surface area contributed by atoms with Crippen molar-refractivity contribution in [1.82, 2.24) is 5.32 Å². The van der Waals surface area contributed by atoms with Crippen LogP contribution in [0.2, 0.25) is 0 Å². The summed E-state index contributed by atoms with van der Waals surface area (Å²) in [7, 11) is 0. The number of rotatable bonds is 13. The minimum atomic E-state index is 0.0536. The largest absolute Gasteiger partial charge is 0.307 e. The Balaban J connectivity index is 2.25. The Morgan fingerprint density at radius 3 is 2.52 bits per heavy atom. The first-order valence-electron chi connectivity index (χ1n) is 10.4. The second-order valence-corrected chi connectivity index (χ2v) is 7.37. The topological polar surface area (TPSA) is 41.5 Å². The van der Waals surface area contributed by atoms with Gasteiger partial charge in [-0.05, 0) is 32.6 Å². The SMILES string of the molecule is CC/C=C/CCCCCCCCC1N=CC[N+]1(CC)C(C)NC(C)=O. The number of carbonyl (C=O) groups is 1. The zero-order valence-electron chi connectivity index (χ0n) is 17.0. The first-order valence-corrected chi connectivity index (χ1v) is 10.4. The van der Waals surface area contributed by atoms with Gasteiger partial charge in [-0.15, -0.1) is 0 Å². The molecule has 0 saturated carbocycles. The monoisotopic (exact) mass is 350 g/mol. The van der Waals surface area contributed by atoms with Crippen LogP contribution in [0.15, 0.2) is 17.1 Å². The number of carbonyl (C=O) groups excluding carboxylic acids is 1. The van der Waals surface area contributed by atoms with E-state index in [0.717, 1.165) is 30.4 Å². The average molecular weight is 351 g/mol. The summed E-state index contributed by atoms with van der Waals surface area (Å²) in [6, 6.07) is 0. The highest BCUT2D eigenvalue weighted by molar-refractivity contribution is 5.73. The molecular weight excluding hydrogens is 310 g/mol. The zero-order chi connectivity index (χ0) is 18.5. The molecule has 0 spiro atoms. The lowest BCUT2D eigenvalue weighted by atomic mass is 10.1. The number of unbranched alkanes of at least 4 members (excludes halogenated alkanes) is 6. The first-order chi connectivity index (χ1) is 12.1. The molecule has 0 fully saturated rings. The van der Waals surface area contributed by atoms with Gasteiger partial charge in [-0.25, -0.2) is 4.99 Å². The third kappa shape index (κ3) is 7.31. The number of nitrogens with zero attached hydrogens (tertiary/aromatic N) is 2. The van der Waals surface area contributed by atoms with E-state index in [0.29, 0.717) is 6.17 Å². The number of aliphatic imine (C=N–C) groups is 1. The number of nitrogens with one attached hydrogen (secondary N) is 1. The van der Waals surface area contributed by atoms with Gasteiger partial charge in [0.15, 0.2) is 12.3 Å². The molecule has 1 N–H and O–H groups in total. The van der Waals surface area contributed by atoms with Crippen molar-refractivity contribution in [2.75, 3.05) is 13.1 Å². The van der Waals surface area contributed by atoms with Crippen molar-refractivity contribution in [2.24, 2.45) is 4.99 Å². The number of amides is 1. The molecule has 0 aromatic heterocycles. The molecule has 1 rings (SSSR count). The molecule has 1 aliphatic rings. The van der Waals surface area contributed by atoms with Gasteiger partial charge in [0.05, 0.1) is 12.8 Å². The third-order valence-electron chi connectivity index (χ3n) is 5.55. The Hall–Kier alpha value is -1.16. The highest BCUT2D eigenvalue weighted by atomic mass is 16.1. The number of hydrogen-bond acceptors (Lipinski definition) is 2. The summed E-state index contributed by atoms with van der Waals surface area (Å²) >= 11 is 0. The van der Waals surface area contributed by atoms with Crippen molar-refractivity contribution in [3.8, 4) is 0 Å². The Morgan fingerprint density at radius 1 is 1.20 bits per heavy atom. The van der Waals surface area contributed by atoms with E-state index in [-0.39, 0.29) is 12.1 Å². The normalized spacial score (nSPS) is 24.1. The fraction of sp³-hybridized carbons (Fsp3) is 0.810. The second kappa shape index (κ2) is 12.2. The summed E-state index contributed by atoms with van der Waals surface area (Å²) in [6.45, 7) is 10.1. The smallest absolute Gasteiger partial charge is 0.221 e. The maximum absolute atomic E-state index is 11.5. The molecule has 0 aromatic carbocycles. The van der Waals surface area contributed by atoms with Gasteiger partial charge in [-0.2, -0.15) is 0 Å². The second-order valence-electron chi connectivity index (χ2n) is 7.37. The van der Waals surface area contributed by atoms with Crippen LogP contribution in [-0.2, 0) is 4.79 Å². The van der Waals surface area contributed by atoms with E-state index in [4.69, 9.17) is 4.99 Å². The predicted molar refractivity (Wildman–Crippen MR) is 108 cm³/mol. The summed E-state index contributed by atoms with van der Waals surface area (Å²) < 4.78 is 0.878. The van der Waals surface area contributed by atoms with Crippen molar-refractivity contribution < 1.29 is 9.28 Å². The van der Waals surface area contributed by atoms with Crippen LogP contribution < -0.4 is 5.32 Å². The molecule has 0 aliphatic carbocycles. The van der Waals surface area contributed by atoms with E-state index in [9.17, 15) is 4.79 Å². The Kier molecular flexibility index (Phi) is 10.7. The predicted octanol–water partition coefficient (Wildman–Crippen LogP) is 4.80. The molecule has 0 bridgehead atoms. The van der Waals surface area contributed by atoms with Crippen molar-refractivity contribution in [1.29, 1.82) is 0 Å².